The monoisotopic (exact) mass is 587 g/mol. The summed E-state index contributed by atoms with van der Waals surface area (Å²) in [6.45, 7) is 12.8. The lowest BCUT2D eigenvalue weighted by Crippen LogP contribution is -2.71. The molecule has 2 unspecified atom stereocenters. The Balaban J connectivity index is 0.000000229. The van der Waals surface area contributed by atoms with Crippen molar-refractivity contribution in [3.63, 3.8) is 0 Å². The van der Waals surface area contributed by atoms with Gasteiger partial charge in [-0.3, -0.25) is 0 Å². The summed E-state index contributed by atoms with van der Waals surface area (Å²) in [5.41, 5.74) is -6.26. The molecule has 1 saturated carbocycles. The number of alkyl halides is 3. The van der Waals surface area contributed by atoms with Crippen molar-refractivity contribution in [2.24, 2.45) is 23.7 Å². The number of hydrogen-bond acceptors (Lipinski definition) is 9. The third kappa shape index (κ3) is 5.17. The van der Waals surface area contributed by atoms with Gasteiger partial charge >= 0.3 is 15.6 Å². The summed E-state index contributed by atoms with van der Waals surface area (Å²) < 4.78 is 72.8. The van der Waals surface area contributed by atoms with Crippen molar-refractivity contribution in [3.05, 3.63) is 16.6 Å². The lowest BCUT2D eigenvalue weighted by Gasteiger charge is -2.62. The predicted octanol–water partition coefficient (Wildman–Crippen LogP) is 5.93. The minimum absolute atomic E-state index is 0.277. The van der Waals surface area contributed by atoms with Gasteiger partial charge in [-0.15, -0.1) is 11.3 Å². The number of rotatable bonds is 3. The molecule has 37 heavy (non-hydrogen) atoms. The molecule has 5 heterocycles. The average Bonchev–Trinajstić information content (AvgIpc) is 3.20. The van der Waals surface area contributed by atoms with Gasteiger partial charge in [0.25, 0.3) is 0 Å². The van der Waals surface area contributed by atoms with Crippen LogP contribution in [0, 0.1) is 23.7 Å². The van der Waals surface area contributed by atoms with Gasteiger partial charge in [-0.05, 0) is 70.5 Å². The Morgan fingerprint density at radius 1 is 1.08 bits per heavy atom. The fraction of sp³-hybridized carbons (Fsp3) is 0.870. The number of hydrogen-bond donors (Lipinski definition) is 0. The zero-order chi connectivity index (χ0) is 27.7. The molecule has 14 heteroatoms. The molecular weight excluding hydrogens is 551 g/mol. The Labute approximate surface area is 221 Å². The van der Waals surface area contributed by atoms with Crippen LogP contribution in [0.1, 0.15) is 58.4 Å². The highest BCUT2D eigenvalue weighted by atomic mass is 32.2. The van der Waals surface area contributed by atoms with Crippen molar-refractivity contribution in [1.29, 1.82) is 0 Å². The second-order valence-electron chi connectivity index (χ2n) is 11.9. The Kier molecular flexibility index (Phi) is 7.54. The van der Waals surface area contributed by atoms with Crippen LogP contribution in [0.2, 0.25) is 19.6 Å². The maximum Gasteiger partial charge on any atom is 0.522 e. The van der Waals surface area contributed by atoms with Gasteiger partial charge in [0.2, 0.25) is 14.1 Å². The highest BCUT2D eigenvalue weighted by Crippen LogP contribution is 2.63. The van der Waals surface area contributed by atoms with E-state index in [4.69, 9.17) is 19.2 Å². The van der Waals surface area contributed by atoms with E-state index in [2.05, 4.69) is 29.6 Å². The molecule has 5 aliphatic rings. The van der Waals surface area contributed by atoms with E-state index in [0.717, 1.165) is 24.3 Å². The van der Waals surface area contributed by atoms with E-state index < -0.39 is 47.2 Å². The third-order valence-corrected chi connectivity index (χ3v) is 12.5. The van der Waals surface area contributed by atoms with Gasteiger partial charge in [0.15, 0.2) is 11.9 Å². The molecule has 1 spiro atoms. The zero-order valence-corrected chi connectivity index (χ0v) is 24.8. The summed E-state index contributed by atoms with van der Waals surface area (Å²) in [7, 11) is -8.10. The Hall–Kier alpha value is -0.613. The second-order valence-corrected chi connectivity index (χ2v) is 19.0. The van der Waals surface area contributed by atoms with E-state index in [1.807, 2.05) is 18.5 Å². The van der Waals surface area contributed by atoms with Gasteiger partial charge in [-0.25, -0.2) is 14.8 Å². The normalized spacial score (nSPS) is 41.8. The van der Waals surface area contributed by atoms with Gasteiger partial charge in [0.1, 0.15) is 10.6 Å². The fourth-order valence-electron chi connectivity index (χ4n) is 6.19. The zero-order valence-electron chi connectivity index (χ0n) is 22.1. The molecular formula is C23H36F3NO7S2Si. The topological polar surface area (TPSA) is 93.2 Å². The van der Waals surface area contributed by atoms with Crippen LogP contribution in [0.15, 0.2) is 11.6 Å². The van der Waals surface area contributed by atoms with Crippen molar-refractivity contribution in [2.45, 2.75) is 102 Å². The lowest BCUT2D eigenvalue weighted by molar-refractivity contribution is -0.577. The van der Waals surface area contributed by atoms with Crippen LogP contribution in [0.5, 0.6) is 0 Å². The number of thiazole rings is 1. The molecule has 1 aliphatic carbocycles. The summed E-state index contributed by atoms with van der Waals surface area (Å²) in [6.07, 6.45) is 5.70. The van der Waals surface area contributed by atoms with Crippen molar-refractivity contribution in [3.8, 4) is 0 Å². The molecule has 5 fully saturated rings. The summed E-state index contributed by atoms with van der Waals surface area (Å²) >= 11 is 1.66. The van der Waals surface area contributed by atoms with Gasteiger partial charge in [0, 0.05) is 23.9 Å². The smallest absolute Gasteiger partial charge is 0.336 e. The predicted molar refractivity (Wildman–Crippen MR) is 132 cm³/mol. The van der Waals surface area contributed by atoms with Crippen LogP contribution in [0.25, 0.3) is 0 Å². The molecule has 0 radical (unpaired) electrons. The lowest BCUT2D eigenvalue weighted by atomic mass is 9.56. The molecule has 0 amide bonds. The largest absolute Gasteiger partial charge is 0.522 e. The average molecular weight is 588 g/mol. The molecule has 6 rings (SSSR count). The van der Waals surface area contributed by atoms with Gasteiger partial charge in [0.05, 0.1) is 0 Å². The Morgan fingerprint density at radius 2 is 1.76 bits per heavy atom. The van der Waals surface area contributed by atoms with E-state index in [1.165, 1.54) is 26.1 Å². The Bertz CT molecular complexity index is 1080. The molecule has 2 bridgehead atoms. The molecule has 0 aromatic carbocycles. The first kappa shape index (κ1) is 29.4. The van der Waals surface area contributed by atoms with Crippen LogP contribution >= 0.6 is 11.3 Å². The van der Waals surface area contributed by atoms with E-state index >= 15 is 0 Å². The van der Waals surface area contributed by atoms with Crippen LogP contribution in [0.3, 0.4) is 0 Å². The van der Waals surface area contributed by atoms with Crippen molar-refractivity contribution < 1.29 is 44.7 Å². The van der Waals surface area contributed by atoms with Gasteiger partial charge < -0.3 is 13.3 Å². The third-order valence-electron chi connectivity index (χ3n) is 8.10. The van der Waals surface area contributed by atoms with Gasteiger partial charge in [-0.1, -0.05) is 13.8 Å². The summed E-state index contributed by atoms with van der Waals surface area (Å²) in [6, 6.07) is 0. The number of fused-ring (bicyclic) bond motifs is 2. The number of halogens is 3. The highest BCUT2D eigenvalue weighted by Gasteiger charge is 2.71. The maximum atomic E-state index is 11.7. The summed E-state index contributed by atoms with van der Waals surface area (Å²) in [5, 5.41) is 3.05. The molecule has 0 N–H and O–H groups in total. The van der Waals surface area contributed by atoms with Crippen LogP contribution < -0.4 is 0 Å². The minimum Gasteiger partial charge on any atom is -0.336 e. The number of nitrogens with zero attached hydrogens (tertiary/aromatic N) is 1. The maximum absolute atomic E-state index is 11.7. The summed E-state index contributed by atoms with van der Waals surface area (Å²) in [4.78, 5) is 16.7. The number of ether oxygens (including phenoxy) is 2. The van der Waals surface area contributed by atoms with E-state index in [0.29, 0.717) is 17.8 Å². The molecule has 4 aliphatic heterocycles. The van der Waals surface area contributed by atoms with Gasteiger partial charge in [-0.2, -0.15) is 21.6 Å². The first-order valence-electron chi connectivity index (χ1n) is 12.5. The molecule has 4 saturated heterocycles. The van der Waals surface area contributed by atoms with Crippen LogP contribution in [0.4, 0.5) is 13.2 Å². The summed E-state index contributed by atoms with van der Waals surface area (Å²) in [5.74, 6) is 0.890. The molecule has 8 nitrogen and oxygen atoms in total. The first-order chi connectivity index (χ1) is 16.8. The molecule has 212 valence electrons. The quantitative estimate of drug-likeness (QED) is 0.244. The highest BCUT2D eigenvalue weighted by molar-refractivity contribution is 7.88. The van der Waals surface area contributed by atoms with Crippen LogP contribution in [-0.2, 0) is 38.8 Å². The first-order valence-corrected chi connectivity index (χ1v) is 18.2. The van der Waals surface area contributed by atoms with Crippen molar-refractivity contribution >= 4 is 29.8 Å². The SMILES string of the molecule is CC1[C@@H]2CC[C@@H](C)[C@@H]3CC[C@@]4(C)OO[C@@]23[C@H](OC1(C)c1nccs1)O4.C[Si](C)(C)OS(=O)(=O)C(F)(F)F. The fourth-order valence-corrected chi connectivity index (χ4v) is 10.0. The second kappa shape index (κ2) is 9.49. The molecule has 8 atom stereocenters. The Morgan fingerprint density at radius 3 is 2.30 bits per heavy atom. The molecule has 1 aromatic rings. The van der Waals surface area contributed by atoms with Crippen molar-refractivity contribution in [1.82, 2.24) is 4.98 Å². The van der Waals surface area contributed by atoms with Crippen LogP contribution in [-0.4, -0.2) is 44.9 Å². The van der Waals surface area contributed by atoms with E-state index in [1.54, 1.807) is 11.3 Å². The van der Waals surface area contributed by atoms with Crippen molar-refractivity contribution in [2.75, 3.05) is 0 Å². The number of aromatic nitrogens is 1. The van der Waals surface area contributed by atoms with E-state index in [9.17, 15) is 21.6 Å². The standard InChI is InChI=1S/C19H27NO4S.C4H9F3O3SSi/c1-11-5-6-14-12(2)18(4,15-20-9-10-25-15)22-16-19(14)13(11)7-8-17(3,21-16)23-24-19;1-12(2,3)10-11(8,9)4(5,6)7/h9-14,16H,5-8H2,1-4H3;1-3H3/t11-,12?,13+,14+,16+,17-,18?,19-;/m1./s1. The minimum atomic E-state index is -5.39. The molecule has 1 aromatic heterocycles. The van der Waals surface area contributed by atoms with E-state index in [-0.39, 0.29) is 5.92 Å².